The zero-order valence-electron chi connectivity index (χ0n) is 13.4. The number of nitrogens with zero attached hydrogens (tertiary/aromatic N) is 2. The summed E-state index contributed by atoms with van der Waals surface area (Å²) in [7, 11) is 0. The summed E-state index contributed by atoms with van der Waals surface area (Å²) in [5.74, 6) is 0. The molecule has 0 atom stereocenters. The first-order valence-electron chi connectivity index (χ1n) is 7.84. The van der Waals surface area contributed by atoms with E-state index in [1.54, 1.807) is 6.07 Å². The second kappa shape index (κ2) is 4.97. The van der Waals surface area contributed by atoms with Crippen LogP contribution in [0.5, 0.6) is 0 Å². The SMILES string of the molecule is C=c1oc(=O)c2cccc3c(-c4ccc(C)c5nsnc45)ccc1c32. The van der Waals surface area contributed by atoms with Gasteiger partial charge in [0.15, 0.2) is 0 Å². The van der Waals surface area contributed by atoms with Crippen molar-refractivity contribution in [2.24, 2.45) is 0 Å². The maximum Gasteiger partial charge on any atom is 0.344 e. The number of aryl methyl sites for hydroxylation is 1. The molecule has 0 spiro atoms. The summed E-state index contributed by atoms with van der Waals surface area (Å²) in [5.41, 5.74) is 5.00. The number of hydrogen-bond acceptors (Lipinski definition) is 5. The average molecular weight is 344 g/mol. The highest BCUT2D eigenvalue weighted by atomic mass is 32.1. The van der Waals surface area contributed by atoms with Crippen molar-refractivity contribution in [3.05, 3.63) is 63.9 Å². The van der Waals surface area contributed by atoms with Crippen molar-refractivity contribution in [3.63, 3.8) is 0 Å². The number of benzene rings is 3. The van der Waals surface area contributed by atoms with Crippen LogP contribution in [0.3, 0.4) is 0 Å². The summed E-state index contributed by atoms with van der Waals surface area (Å²) in [6.45, 7) is 5.91. The third-order valence-electron chi connectivity index (χ3n) is 4.68. The van der Waals surface area contributed by atoms with E-state index in [2.05, 4.69) is 27.5 Å². The van der Waals surface area contributed by atoms with Crippen molar-refractivity contribution >= 4 is 50.9 Å². The van der Waals surface area contributed by atoms with Crippen molar-refractivity contribution in [2.75, 3.05) is 0 Å². The minimum Gasteiger partial charge on any atom is -0.423 e. The fourth-order valence-corrected chi connectivity index (χ4v) is 4.09. The van der Waals surface area contributed by atoms with E-state index in [0.717, 1.165) is 43.9 Å². The van der Waals surface area contributed by atoms with Crippen LogP contribution in [0.4, 0.5) is 0 Å². The fraction of sp³-hybridized carbons (Fsp3) is 0.0500. The molecule has 0 bridgehead atoms. The predicted molar refractivity (Wildman–Crippen MR) is 102 cm³/mol. The van der Waals surface area contributed by atoms with Gasteiger partial charge in [-0.05, 0) is 35.6 Å². The summed E-state index contributed by atoms with van der Waals surface area (Å²) in [5, 5.41) is 3.30. The summed E-state index contributed by atoms with van der Waals surface area (Å²) < 4.78 is 14.2. The van der Waals surface area contributed by atoms with Crippen LogP contribution in [-0.4, -0.2) is 8.75 Å². The van der Waals surface area contributed by atoms with Crippen molar-refractivity contribution in [1.29, 1.82) is 0 Å². The molecule has 0 saturated heterocycles. The van der Waals surface area contributed by atoms with E-state index in [4.69, 9.17) is 4.42 Å². The Balaban J connectivity index is 2.00. The molecule has 0 radical (unpaired) electrons. The Morgan fingerprint density at radius 3 is 2.56 bits per heavy atom. The van der Waals surface area contributed by atoms with Gasteiger partial charge in [0.05, 0.1) is 17.1 Å². The summed E-state index contributed by atoms with van der Waals surface area (Å²) in [4.78, 5) is 12.2. The first kappa shape index (κ1) is 14.3. The smallest absolute Gasteiger partial charge is 0.344 e. The highest BCUT2D eigenvalue weighted by molar-refractivity contribution is 7.00. The molecule has 25 heavy (non-hydrogen) atoms. The van der Waals surface area contributed by atoms with Gasteiger partial charge in [0.2, 0.25) is 0 Å². The van der Waals surface area contributed by atoms with E-state index in [0.29, 0.717) is 10.8 Å². The number of fused-ring (bicyclic) bond motifs is 1. The molecule has 0 unspecified atom stereocenters. The van der Waals surface area contributed by atoms with Gasteiger partial charge in [-0.3, -0.25) is 0 Å². The molecule has 0 fully saturated rings. The molecule has 0 amide bonds. The van der Waals surface area contributed by atoms with Crippen molar-refractivity contribution in [3.8, 4) is 11.1 Å². The largest absolute Gasteiger partial charge is 0.423 e. The fourth-order valence-electron chi connectivity index (χ4n) is 3.47. The maximum atomic E-state index is 12.2. The lowest BCUT2D eigenvalue weighted by atomic mass is 9.93. The Hall–Kier alpha value is -3.05. The van der Waals surface area contributed by atoms with E-state index < -0.39 is 0 Å². The second-order valence-corrected chi connectivity index (χ2v) is 6.62. The minimum atomic E-state index is -0.357. The molecule has 0 aliphatic rings. The topological polar surface area (TPSA) is 56.0 Å². The number of rotatable bonds is 1. The molecule has 0 saturated carbocycles. The minimum absolute atomic E-state index is 0.357. The molecular weight excluding hydrogens is 332 g/mol. The summed E-state index contributed by atoms with van der Waals surface area (Å²) >= 11 is 1.22. The Bertz CT molecular complexity index is 1370. The second-order valence-electron chi connectivity index (χ2n) is 6.09. The molecule has 2 heterocycles. The van der Waals surface area contributed by atoms with Crippen LogP contribution in [0.2, 0.25) is 0 Å². The molecule has 5 rings (SSSR count). The zero-order valence-corrected chi connectivity index (χ0v) is 14.2. The van der Waals surface area contributed by atoms with Crippen LogP contribution < -0.4 is 11.0 Å². The third kappa shape index (κ3) is 1.90. The van der Waals surface area contributed by atoms with Crippen molar-refractivity contribution in [2.45, 2.75) is 6.92 Å². The molecule has 5 heteroatoms. The summed E-state index contributed by atoms with van der Waals surface area (Å²) in [6, 6.07) is 13.8. The van der Waals surface area contributed by atoms with Gasteiger partial charge in [0.1, 0.15) is 16.4 Å². The van der Waals surface area contributed by atoms with Crippen LogP contribution >= 0.6 is 11.7 Å². The van der Waals surface area contributed by atoms with Gasteiger partial charge >= 0.3 is 5.63 Å². The Morgan fingerprint density at radius 1 is 0.920 bits per heavy atom. The molecule has 4 nitrogen and oxygen atoms in total. The highest BCUT2D eigenvalue weighted by Gasteiger charge is 2.15. The molecular formula is C20H12N2O2S. The molecule has 3 aromatic carbocycles. The molecule has 0 aliphatic carbocycles. The van der Waals surface area contributed by atoms with Gasteiger partial charge in [-0.15, -0.1) is 0 Å². The number of hydrogen-bond donors (Lipinski definition) is 0. The van der Waals surface area contributed by atoms with Crippen LogP contribution in [0.15, 0.2) is 51.7 Å². The molecule has 0 N–H and O–H groups in total. The van der Waals surface area contributed by atoms with E-state index >= 15 is 0 Å². The first-order chi connectivity index (χ1) is 12.1. The normalized spacial score (nSPS) is 11.7. The quantitative estimate of drug-likeness (QED) is 0.460. The van der Waals surface area contributed by atoms with Gasteiger partial charge in [0, 0.05) is 16.3 Å². The standard InChI is InChI=1S/C20H12N2O2S/c1-10-6-7-15(19-18(10)21-25-22-19)13-9-8-12-11(2)24-20(23)16-5-3-4-14(13)17(12)16/h3-9H,2H2,1H3. The van der Waals surface area contributed by atoms with Crippen LogP contribution in [0.1, 0.15) is 5.56 Å². The van der Waals surface area contributed by atoms with Gasteiger partial charge in [-0.1, -0.05) is 36.9 Å². The lowest BCUT2D eigenvalue weighted by molar-refractivity contribution is 0.494. The average Bonchev–Trinajstić information content (AvgIpc) is 3.10. The maximum absolute atomic E-state index is 12.2. The predicted octanol–water partition coefficient (Wildman–Crippen LogP) is 4.06. The Morgan fingerprint density at radius 2 is 1.68 bits per heavy atom. The molecule has 120 valence electrons. The number of aromatic nitrogens is 2. The van der Waals surface area contributed by atoms with Gasteiger partial charge in [-0.2, -0.15) is 8.75 Å². The third-order valence-corrected chi connectivity index (χ3v) is 5.21. The lowest BCUT2D eigenvalue weighted by Gasteiger charge is -2.11. The van der Waals surface area contributed by atoms with E-state index in [1.807, 2.05) is 31.2 Å². The van der Waals surface area contributed by atoms with Crippen molar-refractivity contribution < 1.29 is 4.42 Å². The van der Waals surface area contributed by atoms with Gasteiger partial charge < -0.3 is 4.42 Å². The summed E-state index contributed by atoms with van der Waals surface area (Å²) in [6.07, 6.45) is 0. The van der Waals surface area contributed by atoms with E-state index in [-0.39, 0.29) is 5.63 Å². The van der Waals surface area contributed by atoms with Crippen molar-refractivity contribution in [1.82, 2.24) is 8.75 Å². The molecule has 5 aromatic rings. The van der Waals surface area contributed by atoms with Gasteiger partial charge in [-0.25, -0.2) is 4.79 Å². The monoisotopic (exact) mass is 344 g/mol. The Kier molecular flexibility index (Phi) is 2.85. The van der Waals surface area contributed by atoms with Crippen LogP contribution in [0.25, 0.3) is 50.3 Å². The molecule has 2 aromatic heterocycles. The van der Waals surface area contributed by atoms with E-state index in [1.165, 1.54) is 11.7 Å². The Labute approximate surface area is 146 Å². The first-order valence-corrected chi connectivity index (χ1v) is 8.57. The van der Waals surface area contributed by atoms with Gasteiger partial charge in [0.25, 0.3) is 0 Å². The molecule has 0 aliphatic heterocycles. The zero-order chi connectivity index (χ0) is 17.1. The van der Waals surface area contributed by atoms with Crippen LogP contribution in [-0.2, 0) is 0 Å². The van der Waals surface area contributed by atoms with Crippen LogP contribution in [0, 0.1) is 6.92 Å². The van der Waals surface area contributed by atoms with E-state index in [9.17, 15) is 4.79 Å². The highest BCUT2D eigenvalue weighted by Crippen LogP contribution is 2.36. The lowest BCUT2D eigenvalue weighted by Crippen LogP contribution is -2.11.